The van der Waals surface area contributed by atoms with Gasteiger partial charge in [0.15, 0.2) is 0 Å². The molecule has 2 aliphatic rings. The van der Waals surface area contributed by atoms with Gasteiger partial charge in [-0.3, -0.25) is 0 Å². The van der Waals surface area contributed by atoms with Gasteiger partial charge in [0.25, 0.3) is 0 Å². The summed E-state index contributed by atoms with van der Waals surface area (Å²) in [6.45, 7) is 7.81. The number of hydrogen-bond donors (Lipinski definition) is 1. The maximum Gasteiger partial charge on any atom is 0.0692 e. The van der Waals surface area contributed by atoms with Gasteiger partial charge in [0.05, 0.1) is 5.60 Å². The predicted octanol–water partition coefficient (Wildman–Crippen LogP) is 3.21. The fourth-order valence-corrected chi connectivity index (χ4v) is 4.34. The molecular formula is C14H27NOS. The van der Waals surface area contributed by atoms with E-state index in [-0.39, 0.29) is 5.60 Å². The molecule has 0 radical (unpaired) electrons. The highest BCUT2D eigenvalue weighted by Crippen LogP contribution is 2.33. The van der Waals surface area contributed by atoms with E-state index in [1.165, 1.54) is 25.0 Å². The largest absolute Gasteiger partial charge is 0.375 e. The molecule has 3 atom stereocenters. The van der Waals surface area contributed by atoms with E-state index < -0.39 is 0 Å². The Morgan fingerprint density at radius 2 is 2.06 bits per heavy atom. The molecule has 2 rings (SSSR count). The van der Waals surface area contributed by atoms with Crippen molar-refractivity contribution in [2.24, 2.45) is 0 Å². The summed E-state index contributed by atoms with van der Waals surface area (Å²) in [5.41, 5.74) is 0.160. The van der Waals surface area contributed by atoms with E-state index >= 15 is 0 Å². The summed E-state index contributed by atoms with van der Waals surface area (Å²) >= 11 is 2.11. The van der Waals surface area contributed by atoms with Crippen LogP contribution in [0.3, 0.4) is 0 Å². The molecule has 3 unspecified atom stereocenters. The van der Waals surface area contributed by atoms with E-state index in [0.717, 1.165) is 30.7 Å². The molecule has 2 fully saturated rings. The van der Waals surface area contributed by atoms with E-state index in [4.69, 9.17) is 4.74 Å². The molecule has 0 bridgehead atoms. The van der Waals surface area contributed by atoms with Crippen LogP contribution in [-0.2, 0) is 4.74 Å². The molecule has 0 amide bonds. The van der Waals surface area contributed by atoms with Crippen LogP contribution in [0.4, 0.5) is 0 Å². The Labute approximate surface area is 110 Å². The molecule has 0 aromatic heterocycles. The average molecular weight is 257 g/mol. The molecule has 0 spiro atoms. The summed E-state index contributed by atoms with van der Waals surface area (Å²) in [6, 6.07) is 1.42. The lowest BCUT2D eigenvalue weighted by atomic mass is 9.85. The summed E-state index contributed by atoms with van der Waals surface area (Å²) in [4.78, 5) is 0. The van der Waals surface area contributed by atoms with E-state index in [1.807, 2.05) is 0 Å². The molecule has 100 valence electrons. The first-order valence-electron chi connectivity index (χ1n) is 7.19. The summed E-state index contributed by atoms with van der Waals surface area (Å²) in [5, 5.41) is 4.71. The normalized spacial score (nSPS) is 37.2. The monoisotopic (exact) mass is 257 g/mol. The number of hydrogen-bond acceptors (Lipinski definition) is 3. The van der Waals surface area contributed by atoms with Gasteiger partial charge in [0.2, 0.25) is 0 Å². The zero-order valence-corrected chi connectivity index (χ0v) is 12.3. The second kappa shape index (κ2) is 5.94. The van der Waals surface area contributed by atoms with Crippen LogP contribution in [0.5, 0.6) is 0 Å². The minimum Gasteiger partial charge on any atom is -0.375 e. The second-order valence-corrected chi connectivity index (χ2v) is 7.14. The molecule has 2 saturated heterocycles. The Morgan fingerprint density at radius 3 is 2.65 bits per heavy atom. The van der Waals surface area contributed by atoms with Crippen molar-refractivity contribution in [1.29, 1.82) is 0 Å². The summed E-state index contributed by atoms with van der Waals surface area (Å²) in [7, 11) is 0. The van der Waals surface area contributed by atoms with Crippen molar-refractivity contribution in [2.45, 2.75) is 75.8 Å². The molecule has 2 heterocycles. The van der Waals surface area contributed by atoms with Crippen LogP contribution in [-0.4, -0.2) is 35.3 Å². The first kappa shape index (κ1) is 13.7. The van der Waals surface area contributed by atoms with Crippen LogP contribution < -0.4 is 5.32 Å². The third kappa shape index (κ3) is 3.39. The summed E-state index contributed by atoms with van der Waals surface area (Å²) < 4.78 is 6.03. The average Bonchev–Trinajstić information content (AvgIpc) is 2.75. The van der Waals surface area contributed by atoms with Crippen LogP contribution >= 0.6 is 11.8 Å². The van der Waals surface area contributed by atoms with Gasteiger partial charge in [-0.25, -0.2) is 0 Å². The third-order valence-electron chi connectivity index (χ3n) is 4.45. The van der Waals surface area contributed by atoms with Gasteiger partial charge in [0, 0.05) is 29.7 Å². The van der Waals surface area contributed by atoms with Crippen molar-refractivity contribution >= 4 is 11.8 Å². The molecule has 1 N–H and O–H groups in total. The Kier molecular flexibility index (Phi) is 4.79. The Morgan fingerprint density at radius 1 is 1.29 bits per heavy atom. The van der Waals surface area contributed by atoms with Crippen LogP contribution in [0, 0.1) is 0 Å². The molecule has 3 heteroatoms. The van der Waals surface area contributed by atoms with Gasteiger partial charge in [-0.05, 0) is 32.1 Å². The minimum atomic E-state index is 0.160. The number of thioether (sulfide) groups is 1. The fourth-order valence-electron chi connectivity index (χ4n) is 3.18. The van der Waals surface area contributed by atoms with Crippen LogP contribution in [0.25, 0.3) is 0 Å². The van der Waals surface area contributed by atoms with Gasteiger partial charge in [0.1, 0.15) is 0 Å². The second-order valence-electron chi connectivity index (χ2n) is 5.67. The van der Waals surface area contributed by atoms with Crippen molar-refractivity contribution in [3.05, 3.63) is 0 Å². The van der Waals surface area contributed by atoms with Crippen molar-refractivity contribution in [2.75, 3.05) is 12.4 Å². The maximum atomic E-state index is 6.03. The van der Waals surface area contributed by atoms with Crippen LogP contribution in [0.15, 0.2) is 0 Å². The van der Waals surface area contributed by atoms with E-state index in [1.54, 1.807) is 0 Å². The standard InChI is InChI=1S/C14H27NOS/c1-4-14(5-2)9-12(6-7-16-14)15-13-8-11(3)17-10-13/h11-13,15H,4-10H2,1-3H3. The SMILES string of the molecule is CCC1(CC)CC(NC2CSC(C)C2)CCO1. The van der Waals surface area contributed by atoms with Crippen molar-refractivity contribution < 1.29 is 4.74 Å². The Hall–Kier alpha value is 0.270. The molecule has 2 nitrogen and oxygen atoms in total. The maximum absolute atomic E-state index is 6.03. The van der Waals surface area contributed by atoms with Crippen molar-refractivity contribution in [3.8, 4) is 0 Å². The van der Waals surface area contributed by atoms with Gasteiger partial charge in [-0.2, -0.15) is 11.8 Å². The van der Waals surface area contributed by atoms with Gasteiger partial charge >= 0.3 is 0 Å². The smallest absolute Gasteiger partial charge is 0.0692 e. The molecular weight excluding hydrogens is 230 g/mol. The molecule has 2 aliphatic heterocycles. The number of rotatable bonds is 4. The fraction of sp³-hybridized carbons (Fsp3) is 1.00. The number of ether oxygens (including phenoxy) is 1. The first-order chi connectivity index (χ1) is 8.17. The topological polar surface area (TPSA) is 21.3 Å². The lowest BCUT2D eigenvalue weighted by molar-refractivity contribution is -0.0938. The van der Waals surface area contributed by atoms with Crippen LogP contribution in [0.2, 0.25) is 0 Å². The Bertz CT molecular complexity index is 242. The van der Waals surface area contributed by atoms with E-state index in [2.05, 4.69) is 37.8 Å². The summed E-state index contributed by atoms with van der Waals surface area (Å²) in [5.74, 6) is 1.30. The third-order valence-corrected chi connectivity index (χ3v) is 5.81. The number of nitrogens with one attached hydrogen (secondary N) is 1. The van der Waals surface area contributed by atoms with E-state index in [0.29, 0.717) is 6.04 Å². The predicted molar refractivity (Wildman–Crippen MR) is 75.7 cm³/mol. The summed E-state index contributed by atoms with van der Waals surface area (Å²) in [6.07, 6.45) is 6.04. The molecule has 0 saturated carbocycles. The lowest BCUT2D eigenvalue weighted by Crippen LogP contribution is -2.49. The van der Waals surface area contributed by atoms with E-state index in [9.17, 15) is 0 Å². The quantitative estimate of drug-likeness (QED) is 0.835. The zero-order valence-electron chi connectivity index (χ0n) is 11.5. The zero-order chi connectivity index (χ0) is 12.3. The van der Waals surface area contributed by atoms with Crippen LogP contribution in [0.1, 0.15) is 52.9 Å². The van der Waals surface area contributed by atoms with Crippen molar-refractivity contribution in [3.63, 3.8) is 0 Å². The molecule has 0 aromatic carbocycles. The van der Waals surface area contributed by atoms with Gasteiger partial charge < -0.3 is 10.1 Å². The highest BCUT2D eigenvalue weighted by atomic mass is 32.2. The van der Waals surface area contributed by atoms with Gasteiger partial charge in [-0.1, -0.05) is 20.8 Å². The molecule has 17 heavy (non-hydrogen) atoms. The highest BCUT2D eigenvalue weighted by molar-refractivity contribution is 8.00. The Balaban J connectivity index is 1.85. The molecule has 0 aromatic rings. The highest BCUT2D eigenvalue weighted by Gasteiger charge is 2.35. The minimum absolute atomic E-state index is 0.160. The van der Waals surface area contributed by atoms with Gasteiger partial charge in [-0.15, -0.1) is 0 Å². The van der Waals surface area contributed by atoms with Crippen molar-refractivity contribution in [1.82, 2.24) is 5.32 Å². The lowest BCUT2D eigenvalue weighted by Gasteiger charge is -2.41. The first-order valence-corrected chi connectivity index (χ1v) is 8.24. The molecule has 0 aliphatic carbocycles.